The first-order valence-electron chi connectivity index (χ1n) is 8.28. The van der Waals surface area contributed by atoms with Crippen molar-refractivity contribution >= 4 is 5.91 Å². The third-order valence-electron chi connectivity index (χ3n) is 4.19. The molecular weight excluding hydrogens is 250 g/mol. The summed E-state index contributed by atoms with van der Waals surface area (Å²) in [7, 11) is 0. The fourth-order valence-electron chi connectivity index (χ4n) is 2.61. The van der Waals surface area contributed by atoms with Gasteiger partial charge in [-0.05, 0) is 45.2 Å². The lowest BCUT2D eigenvalue weighted by molar-refractivity contribution is -0.123. The van der Waals surface area contributed by atoms with Crippen molar-refractivity contribution in [2.24, 2.45) is 5.92 Å². The summed E-state index contributed by atoms with van der Waals surface area (Å²) in [4.78, 5) is 14.4. The van der Waals surface area contributed by atoms with Gasteiger partial charge in [0.2, 0.25) is 5.91 Å². The van der Waals surface area contributed by atoms with Crippen LogP contribution in [0.5, 0.6) is 0 Å². The highest BCUT2D eigenvalue weighted by Gasteiger charge is 2.19. The van der Waals surface area contributed by atoms with E-state index in [1.54, 1.807) is 0 Å². The summed E-state index contributed by atoms with van der Waals surface area (Å²) in [5.41, 5.74) is 0. The highest BCUT2D eigenvalue weighted by molar-refractivity contribution is 5.78. The molecular formula is C16H33N3O. The molecule has 2 atom stereocenters. The maximum absolute atomic E-state index is 12.1. The molecule has 0 spiro atoms. The zero-order chi connectivity index (χ0) is 15.0. The van der Waals surface area contributed by atoms with Crippen LogP contribution in [-0.4, -0.2) is 49.1 Å². The smallest absolute Gasteiger partial charge is 0.234 e. The molecule has 1 aliphatic heterocycles. The van der Waals surface area contributed by atoms with Gasteiger partial charge in [-0.2, -0.15) is 0 Å². The van der Waals surface area contributed by atoms with E-state index >= 15 is 0 Å². The Bertz CT molecular complexity index is 275. The first-order valence-corrected chi connectivity index (χ1v) is 8.28. The number of nitrogens with zero attached hydrogens (tertiary/aromatic N) is 1. The van der Waals surface area contributed by atoms with Crippen LogP contribution >= 0.6 is 0 Å². The van der Waals surface area contributed by atoms with Crippen LogP contribution in [0.2, 0.25) is 0 Å². The minimum Gasteiger partial charge on any atom is -0.352 e. The zero-order valence-electron chi connectivity index (χ0n) is 13.7. The van der Waals surface area contributed by atoms with E-state index < -0.39 is 0 Å². The number of rotatable bonds is 8. The quantitative estimate of drug-likeness (QED) is 0.716. The van der Waals surface area contributed by atoms with E-state index in [0.29, 0.717) is 18.5 Å². The van der Waals surface area contributed by atoms with Crippen molar-refractivity contribution < 1.29 is 4.79 Å². The molecule has 1 amide bonds. The van der Waals surface area contributed by atoms with Gasteiger partial charge in [-0.3, -0.25) is 9.69 Å². The molecule has 1 fully saturated rings. The second kappa shape index (κ2) is 9.35. The zero-order valence-corrected chi connectivity index (χ0v) is 13.7. The van der Waals surface area contributed by atoms with Crippen LogP contribution in [0.25, 0.3) is 0 Å². The second-order valence-electron chi connectivity index (χ2n) is 6.48. The van der Waals surface area contributed by atoms with E-state index in [1.165, 1.54) is 19.3 Å². The van der Waals surface area contributed by atoms with Crippen molar-refractivity contribution in [2.45, 2.75) is 65.5 Å². The number of carbonyl (C=O) groups is 1. The van der Waals surface area contributed by atoms with Gasteiger partial charge in [-0.15, -0.1) is 0 Å². The summed E-state index contributed by atoms with van der Waals surface area (Å²) in [6.07, 6.45) is 4.94. The Morgan fingerprint density at radius 1 is 1.35 bits per heavy atom. The number of hydrogen-bond donors (Lipinski definition) is 2. The van der Waals surface area contributed by atoms with Crippen LogP contribution in [0.4, 0.5) is 0 Å². The van der Waals surface area contributed by atoms with Crippen LogP contribution in [0, 0.1) is 5.92 Å². The maximum Gasteiger partial charge on any atom is 0.234 e. The third-order valence-corrected chi connectivity index (χ3v) is 4.19. The molecule has 118 valence electrons. The average molecular weight is 283 g/mol. The molecule has 0 bridgehead atoms. The molecule has 0 aliphatic carbocycles. The van der Waals surface area contributed by atoms with Crippen LogP contribution in [0.3, 0.4) is 0 Å². The number of nitrogens with one attached hydrogen (secondary N) is 2. The fourth-order valence-corrected chi connectivity index (χ4v) is 2.61. The molecule has 1 rings (SSSR count). The van der Waals surface area contributed by atoms with Gasteiger partial charge in [-0.1, -0.05) is 27.2 Å². The second-order valence-corrected chi connectivity index (χ2v) is 6.48. The van der Waals surface area contributed by atoms with E-state index in [1.807, 2.05) is 0 Å². The van der Waals surface area contributed by atoms with Gasteiger partial charge < -0.3 is 10.6 Å². The molecule has 4 nitrogen and oxygen atoms in total. The predicted octanol–water partition coefficient (Wildman–Crippen LogP) is 2.00. The summed E-state index contributed by atoms with van der Waals surface area (Å²) >= 11 is 0. The van der Waals surface area contributed by atoms with Gasteiger partial charge in [0, 0.05) is 18.6 Å². The highest BCUT2D eigenvalue weighted by atomic mass is 16.2. The summed E-state index contributed by atoms with van der Waals surface area (Å²) in [6.45, 7) is 12.2. The predicted molar refractivity (Wildman–Crippen MR) is 84.8 cm³/mol. The Labute approximate surface area is 124 Å². The number of carbonyl (C=O) groups excluding carboxylic acids is 1. The topological polar surface area (TPSA) is 44.4 Å². The molecule has 0 aromatic carbocycles. The molecule has 1 heterocycles. The molecule has 0 saturated carbocycles. The van der Waals surface area contributed by atoms with E-state index in [0.717, 1.165) is 26.1 Å². The minimum atomic E-state index is 0.162. The Morgan fingerprint density at radius 3 is 2.65 bits per heavy atom. The summed E-state index contributed by atoms with van der Waals surface area (Å²) in [5, 5.41) is 6.67. The lowest BCUT2D eigenvalue weighted by atomic mass is 10.0. The van der Waals surface area contributed by atoms with Crippen LogP contribution in [0.15, 0.2) is 0 Å². The molecule has 20 heavy (non-hydrogen) atoms. The minimum absolute atomic E-state index is 0.162. The fraction of sp³-hybridized carbons (Fsp3) is 0.938. The van der Waals surface area contributed by atoms with E-state index in [4.69, 9.17) is 0 Å². The summed E-state index contributed by atoms with van der Waals surface area (Å²) in [5.74, 6) is 0.647. The lowest BCUT2D eigenvalue weighted by Crippen LogP contribution is -2.48. The van der Waals surface area contributed by atoms with Crippen molar-refractivity contribution in [3.05, 3.63) is 0 Å². The molecule has 2 N–H and O–H groups in total. The number of amides is 1. The molecule has 0 aromatic heterocycles. The SMILES string of the molecule is CCCN(CC(=O)NC(C)C(C)C)CC1CCCCN1. The Balaban J connectivity index is 2.38. The molecule has 4 heteroatoms. The number of hydrogen-bond acceptors (Lipinski definition) is 3. The van der Waals surface area contributed by atoms with E-state index in [-0.39, 0.29) is 11.9 Å². The number of piperidine rings is 1. The Kier molecular flexibility index (Phi) is 8.15. The Hall–Kier alpha value is -0.610. The molecule has 1 aliphatic rings. The summed E-state index contributed by atoms with van der Waals surface area (Å²) in [6, 6.07) is 0.810. The molecule has 0 aromatic rings. The first kappa shape index (κ1) is 17.4. The van der Waals surface area contributed by atoms with Gasteiger partial charge in [0.05, 0.1) is 6.54 Å². The Morgan fingerprint density at radius 2 is 2.10 bits per heavy atom. The maximum atomic E-state index is 12.1. The average Bonchev–Trinajstić information content (AvgIpc) is 2.39. The standard InChI is InChI=1S/C16H33N3O/c1-5-10-19(11-15-8-6-7-9-17-15)12-16(20)18-14(4)13(2)3/h13-15,17H,5-12H2,1-4H3,(H,18,20). The normalized spacial score (nSPS) is 21.2. The van der Waals surface area contributed by atoms with Gasteiger partial charge in [0.25, 0.3) is 0 Å². The van der Waals surface area contributed by atoms with Gasteiger partial charge in [0.1, 0.15) is 0 Å². The monoisotopic (exact) mass is 283 g/mol. The van der Waals surface area contributed by atoms with Crippen LogP contribution in [0.1, 0.15) is 53.4 Å². The van der Waals surface area contributed by atoms with E-state index in [9.17, 15) is 4.79 Å². The molecule has 2 unspecified atom stereocenters. The van der Waals surface area contributed by atoms with Gasteiger partial charge >= 0.3 is 0 Å². The van der Waals surface area contributed by atoms with Crippen molar-refractivity contribution in [1.82, 2.24) is 15.5 Å². The first-order chi connectivity index (χ1) is 9.52. The van der Waals surface area contributed by atoms with Crippen molar-refractivity contribution in [2.75, 3.05) is 26.2 Å². The van der Waals surface area contributed by atoms with Crippen LogP contribution in [-0.2, 0) is 4.79 Å². The largest absolute Gasteiger partial charge is 0.352 e. The molecule has 1 saturated heterocycles. The summed E-state index contributed by atoms with van der Waals surface area (Å²) < 4.78 is 0. The van der Waals surface area contributed by atoms with Gasteiger partial charge in [0.15, 0.2) is 0 Å². The van der Waals surface area contributed by atoms with E-state index in [2.05, 4.69) is 43.2 Å². The highest BCUT2D eigenvalue weighted by Crippen LogP contribution is 2.09. The van der Waals surface area contributed by atoms with Gasteiger partial charge in [-0.25, -0.2) is 0 Å². The van der Waals surface area contributed by atoms with Crippen LogP contribution < -0.4 is 10.6 Å². The van der Waals surface area contributed by atoms with Crippen molar-refractivity contribution in [1.29, 1.82) is 0 Å². The molecule has 0 radical (unpaired) electrons. The van der Waals surface area contributed by atoms with Crippen molar-refractivity contribution in [3.63, 3.8) is 0 Å². The van der Waals surface area contributed by atoms with Crippen molar-refractivity contribution in [3.8, 4) is 0 Å². The third kappa shape index (κ3) is 6.71. The lowest BCUT2D eigenvalue weighted by Gasteiger charge is -2.30.